The van der Waals surface area contributed by atoms with Crippen LogP contribution in [0.15, 0.2) is 48.5 Å². The largest absolute Gasteiger partial charge is 0.497 e. The molecule has 0 radical (unpaired) electrons. The van der Waals surface area contributed by atoms with Crippen LogP contribution in [-0.2, 0) is 6.42 Å². The molecule has 2 rings (SSSR count). The standard InChI is InChI=1S/C15H16FNO.ClH/c1-18-14-8-4-12(5-9-14)15(17)10-11-2-6-13(16)7-3-11;/h2-9,15H,10,17H2,1H3;1H. The lowest BCUT2D eigenvalue weighted by Gasteiger charge is -2.12. The Labute approximate surface area is 118 Å². The first-order chi connectivity index (χ1) is 8.69. The summed E-state index contributed by atoms with van der Waals surface area (Å²) in [6.45, 7) is 0. The Kier molecular flexibility index (Phi) is 5.80. The van der Waals surface area contributed by atoms with Crippen molar-refractivity contribution in [1.82, 2.24) is 0 Å². The van der Waals surface area contributed by atoms with Gasteiger partial charge in [0, 0.05) is 6.04 Å². The van der Waals surface area contributed by atoms with E-state index in [4.69, 9.17) is 10.5 Å². The van der Waals surface area contributed by atoms with Crippen LogP contribution in [0.2, 0.25) is 0 Å². The maximum Gasteiger partial charge on any atom is 0.123 e. The minimum Gasteiger partial charge on any atom is -0.497 e. The zero-order valence-corrected chi connectivity index (χ0v) is 11.5. The van der Waals surface area contributed by atoms with E-state index in [1.54, 1.807) is 19.2 Å². The maximum atomic E-state index is 12.8. The third-order valence-corrected chi connectivity index (χ3v) is 2.91. The van der Waals surface area contributed by atoms with E-state index in [1.165, 1.54) is 12.1 Å². The normalized spacial score (nSPS) is 11.5. The van der Waals surface area contributed by atoms with Crippen molar-refractivity contribution in [2.75, 3.05) is 7.11 Å². The third kappa shape index (κ3) is 4.23. The second kappa shape index (κ2) is 7.12. The molecule has 4 heteroatoms. The number of benzene rings is 2. The zero-order chi connectivity index (χ0) is 13.0. The van der Waals surface area contributed by atoms with Gasteiger partial charge in [-0.15, -0.1) is 12.4 Å². The van der Waals surface area contributed by atoms with Crippen LogP contribution in [0.25, 0.3) is 0 Å². The summed E-state index contributed by atoms with van der Waals surface area (Å²) in [6.07, 6.45) is 0.687. The van der Waals surface area contributed by atoms with E-state index in [0.717, 1.165) is 16.9 Å². The number of rotatable bonds is 4. The highest BCUT2D eigenvalue weighted by Crippen LogP contribution is 2.19. The van der Waals surface area contributed by atoms with E-state index < -0.39 is 0 Å². The molecule has 0 saturated heterocycles. The van der Waals surface area contributed by atoms with E-state index in [2.05, 4.69) is 0 Å². The Bertz CT molecular complexity index is 499. The molecule has 0 bridgehead atoms. The molecule has 0 aromatic heterocycles. The lowest BCUT2D eigenvalue weighted by Crippen LogP contribution is -2.13. The van der Waals surface area contributed by atoms with Crippen molar-refractivity contribution in [3.05, 3.63) is 65.5 Å². The molecule has 19 heavy (non-hydrogen) atoms. The second-order valence-corrected chi connectivity index (χ2v) is 4.21. The molecular formula is C15H17ClFNO. The molecule has 0 aliphatic heterocycles. The minimum absolute atomic E-state index is 0. The molecule has 0 spiro atoms. The van der Waals surface area contributed by atoms with Gasteiger partial charge in [-0.1, -0.05) is 24.3 Å². The van der Waals surface area contributed by atoms with Gasteiger partial charge in [-0.2, -0.15) is 0 Å². The van der Waals surface area contributed by atoms with Crippen molar-refractivity contribution in [2.24, 2.45) is 5.73 Å². The fraction of sp³-hybridized carbons (Fsp3) is 0.200. The van der Waals surface area contributed by atoms with Crippen LogP contribution in [0.4, 0.5) is 4.39 Å². The van der Waals surface area contributed by atoms with Crippen molar-refractivity contribution in [3.8, 4) is 5.75 Å². The number of halogens is 2. The van der Waals surface area contributed by atoms with E-state index in [0.29, 0.717) is 6.42 Å². The molecule has 102 valence electrons. The van der Waals surface area contributed by atoms with Gasteiger partial charge in [0.05, 0.1) is 7.11 Å². The molecule has 0 heterocycles. The monoisotopic (exact) mass is 281 g/mol. The molecule has 2 aromatic rings. The van der Waals surface area contributed by atoms with Crippen LogP contribution >= 0.6 is 12.4 Å². The second-order valence-electron chi connectivity index (χ2n) is 4.21. The topological polar surface area (TPSA) is 35.2 Å². The number of hydrogen-bond donors (Lipinski definition) is 1. The van der Waals surface area contributed by atoms with Gasteiger partial charge in [0.25, 0.3) is 0 Å². The molecule has 2 aromatic carbocycles. The molecule has 2 N–H and O–H groups in total. The highest BCUT2D eigenvalue weighted by atomic mass is 35.5. The van der Waals surface area contributed by atoms with Crippen LogP contribution in [0.5, 0.6) is 5.75 Å². The number of ether oxygens (including phenoxy) is 1. The quantitative estimate of drug-likeness (QED) is 0.931. The van der Waals surface area contributed by atoms with Crippen LogP contribution in [-0.4, -0.2) is 7.11 Å². The van der Waals surface area contributed by atoms with Gasteiger partial charge in [0.1, 0.15) is 11.6 Å². The predicted octanol–water partition coefficient (Wildman–Crippen LogP) is 3.50. The van der Waals surface area contributed by atoms with Crippen molar-refractivity contribution < 1.29 is 9.13 Å². The molecule has 0 saturated carbocycles. The minimum atomic E-state index is -0.225. The molecule has 0 aliphatic rings. The smallest absolute Gasteiger partial charge is 0.123 e. The van der Waals surface area contributed by atoms with Crippen LogP contribution in [0, 0.1) is 5.82 Å². The maximum absolute atomic E-state index is 12.8. The average Bonchev–Trinajstić information content (AvgIpc) is 2.41. The van der Waals surface area contributed by atoms with Gasteiger partial charge >= 0.3 is 0 Å². The van der Waals surface area contributed by atoms with Crippen LogP contribution in [0.3, 0.4) is 0 Å². The van der Waals surface area contributed by atoms with Crippen molar-refractivity contribution >= 4 is 12.4 Å². The summed E-state index contributed by atoms with van der Waals surface area (Å²) in [7, 11) is 1.63. The number of nitrogens with two attached hydrogens (primary N) is 1. The Balaban J connectivity index is 0.00000180. The first kappa shape index (κ1) is 15.5. The summed E-state index contributed by atoms with van der Waals surface area (Å²) in [6, 6.07) is 14.0. The number of hydrogen-bond acceptors (Lipinski definition) is 2. The molecule has 0 aliphatic carbocycles. The van der Waals surface area contributed by atoms with Gasteiger partial charge in [0.15, 0.2) is 0 Å². The first-order valence-electron chi connectivity index (χ1n) is 5.83. The first-order valence-corrected chi connectivity index (χ1v) is 5.83. The SMILES string of the molecule is COc1ccc(C(N)Cc2ccc(F)cc2)cc1.Cl. The Morgan fingerprint density at radius 3 is 2.16 bits per heavy atom. The Morgan fingerprint density at radius 2 is 1.63 bits per heavy atom. The molecule has 2 nitrogen and oxygen atoms in total. The van der Waals surface area contributed by atoms with Gasteiger partial charge in [-0.05, 0) is 41.8 Å². The average molecular weight is 282 g/mol. The molecule has 1 unspecified atom stereocenters. The summed E-state index contributed by atoms with van der Waals surface area (Å²) < 4.78 is 17.9. The highest BCUT2D eigenvalue weighted by Gasteiger charge is 2.07. The molecular weight excluding hydrogens is 265 g/mol. The van der Waals surface area contributed by atoms with E-state index in [-0.39, 0.29) is 24.3 Å². The van der Waals surface area contributed by atoms with Gasteiger partial charge in [0.2, 0.25) is 0 Å². The Hall–Kier alpha value is -1.58. The molecule has 0 amide bonds. The van der Waals surface area contributed by atoms with Crippen molar-refractivity contribution in [3.63, 3.8) is 0 Å². The third-order valence-electron chi connectivity index (χ3n) is 2.91. The van der Waals surface area contributed by atoms with Gasteiger partial charge < -0.3 is 10.5 Å². The van der Waals surface area contributed by atoms with Crippen molar-refractivity contribution in [1.29, 1.82) is 0 Å². The van der Waals surface area contributed by atoms with Crippen molar-refractivity contribution in [2.45, 2.75) is 12.5 Å². The van der Waals surface area contributed by atoms with Gasteiger partial charge in [-0.25, -0.2) is 4.39 Å². The van der Waals surface area contributed by atoms with Crippen LogP contribution in [0.1, 0.15) is 17.2 Å². The summed E-state index contributed by atoms with van der Waals surface area (Å²) in [4.78, 5) is 0. The fourth-order valence-electron chi connectivity index (χ4n) is 1.84. The fourth-order valence-corrected chi connectivity index (χ4v) is 1.84. The predicted molar refractivity (Wildman–Crippen MR) is 77.3 cm³/mol. The zero-order valence-electron chi connectivity index (χ0n) is 10.7. The summed E-state index contributed by atoms with van der Waals surface area (Å²) in [5.41, 5.74) is 8.19. The number of methoxy groups -OCH3 is 1. The molecule has 0 fully saturated rings. The summed E-state index contributed by atoms with van der Waals surface area (Å²) >= 11 is 0. The summed E-state index contributed by atoms with van der Waals surface area (Å²) in [5, 5.41) is 0. The lowest BCUT2D eigenvalue weighted by atomic mass is 10.00. The molecule has 1 atom stereocenters. The van der Waals surface area contributed by atoms with Crippen LogP contribution < -0.4 is 10.5 Å². The van der Waals surface area contributed by atoms with E-state index in [9.17, 15) is 4.39 Å². The highest BCUT2D eigenvalue weighted by molar-refractivity contribution is 5.85. The lowest BCUT2D eigenvalue weighted by molar-refractivity contribution is 0.414. The Morgan fingerprint density at radius 1 is 1.05 bits per heavy atom. The van der Waals surface area contributed by atoms with E-state index in [1.807, 2.05) is 24.3 Å². The summed E-state index contributed by atoms with van der Waals surface area (Å²) in [5.74, 6) is 0.588. The van der Waals surface area contributed by atoms with E-state index >= 15 is 0 Å². The van der Waals surface area contributed by atoms with Gasteiger partial charge in [-0.3, -0.25) is 0 Å².